The molecule has 108 valence electrons. The molecular weight excluding hydrogens is 264 g/mol. The third-order valence-electron chi connectivity index (χ3n) is 4.61. The van der Waals surface area contributed by atoms with E-state index in [1.54, 1.807) is 12.3 Å². The molecule has 1 saturated heterocycles. The lowest BCUT2D eigenvalue weighted by atomic mass is 9.94. The van der Waals surface area contributed by atoms with Gasteiger partial charge in [-0.25, -0.2) is 4.98 Å². The second kappa shape index (κ2) is 4.70. The van der Waals surface area contributed by atoms with Gasteiger partial charge in [-0.1, -0.05) is 6.92 Å². The third-order valence-corrected chi connectivity index (χ3v) is 4.61. The van der Waals surface area contributed by atoms with Gasteiger partial charge in [-0.2, -0.15) is 0 Å². The van der Waals surface area contributed by atoms with Gasteiger partial charge < -0.3 is 14.9 Å². The molecule has 5 nitrogen and oxygen atoms in total. The van der Waals surface area contributed by atoms with Crippen molar-refractivity contribution in [3.8, 4) is 0 Å². The van der Waals surface area contributed by atoms with E-state index >= 15 is 0 Å². The Morgan fingerprint density at radius 1 is 1.33 bits per heavy atom. The van der Waals surface area contributed by atoms with Crippen molar-refractivity contribution < 1.29 is 0 Å². The quantitative estimate of drug-likeness (QED) is 0.718. The van der Waals surface area contributed by atoms with E-state index in [-0.39, 0.29) is 5.43 Å². The van der Waals surface area contributed by atoms with Crippen LogP contribution < -0.4 is 10.7 Å². The SMILES string of the molecule is C[C@@H]1CCNC[C@@H]1n1ccc(=O)c2cnc3[nH]ccc3c21. The molecule has 3 aromatic rings. The maximum Gasteiger partial charge on any atom is 0.190 e. The molecule has 1 fully saturated rings. The summed E-state index contributed by atoms with van der Waals surface area (Å²) < 4.78 is 2.26. The van der Waals surface area contributed by atoms with Gasteiger partial charge in [0.15, 0.2) is 5.43 Å². The summed E-state index contributed by atoms with van der Waals surface area (Å²) in [4.78, 5) is 19.7. The summed E-state index contributed by atoms with van der Waals surface area (Å²) in [6, 6.07) is 4.02. The van der Waals surface area contributed by atoms with Gasteiger partial charge in [0.1, 0.15) is 5.65 Å². The summed E-state index contributed by atoms with van der Waals surface area (Å²) in [6.07, 6.45) is 6.65. The number of H-pyrrole nitrogens is 1. The van der Waals surface area contributed by atoms with E-state index < -0.39 is 0 Å². The van der Waals surface area contributed by atoms with Crippen molar-refractivity contribution in [3.05, 3.63) is 40.9 Å². The molecule has 1 aliphatic rings. The molecule has 0 aliphatic carbocycles. The molecule has 21 heavy (non-hydrogen) atoms. The Morgan fingerprint density at radius 3 is 3.10 bits per heavy atom. The monoisotopic (exact) mass is 282 g/mol. The first-order valence-electron chi connectivity index (χ1n) is 7.43. The summed E-state index contributed by atoms with van der Waals surface area (Å²) in [7, 11) is 0. The Hall–Kier alpha value is -2.14. The molecule has 0 saturated carbocycles. The minimum atomic E-state index is 0.0354. The third kappa shape index (κ3) is 1.88. The van der Waals surface area contributed by atoms with Gasteiger partial charge in [-0.3, -0.25) is 4.79 Å². The number of fused-ring (bicyclic) bond motifs is 3. The number of rotatable bonds is 1. The summed E-state index contributed by atoms with van der Waals surface area (Å²) in [5, 5.41) is 5.18. The van der Waals surface area contributed by atoms with Crippen molar-refractivity contribution in [2.75, 3.05) is 13.1 Å². The highest BCUT2D eigenvalue weighted by molar-refractivity contribution is 6.02. The molecule has 0 bridgehead atoms. The van der Waals surface area contributed by atoms with Crippen LogP contribution in [0, 0.1) is 5.92 Å². The lowest BCUT2D eigenvalue weighted by Gasteiger charge is -2.32. The van der Waals surface area contributed by atoms with Crippen molar-refractivity contribution in [1.29, 1.82) is 0 Å². The first kappa shape index (κ1) is 12.6. The van der Waals surface area contributed by atoms with Gasteiger partial charge in [0, 0.05) is 42.6 Å². The van der Waals surface area contributed by atoms with Crippen LogP contribution in [-0.4, -0.2) is 27.6 Å². The van der Waals surface area contributed by atoms with Crippen LogP contribution in [0.5, 0.6) is 0 Å². The minimum Gasteiger partial charge on any atom is -0.346 e. The highest BCUT2D eigenvalue weighted by Gasteiger charge is 2.24. The summed E-state index contributed by atoms with van der Waals surface area (Å²) in [5.41, 5.74) is 1.86. The van der Waals surface area contributed by atoms with Crippen LogP contribution in [0.25, 0.3) is 21.9 Å². The van der Waals surface area contributed by atoms with Gasteiger partial charge in [0.2, 0.25) is 0 Å². The molecule has 4 heterocycles. The van der Waals surface area contributed by atoms with Gasteiger partial charge >= 0.3 is 0 Å². The predicted octanol–water partition coefficient (Wildman–Crippen LogP) is 2.05. The lowest BCUT2D eigenvalue weighted by Crippen LogP contribution is -2.37. The lowest BCUT2D eigenvalue weighted by molar-refractivity contribution is 0.279. The Balaban J connectivity index is 2.06. The van der Waals surface area contributed by atoms with Crippen molar-refractivity contribution in [1.82, 2.24) is 19.9 Å². The Kier molecular flexibility index (Phi) is 2.82. The van der Waals surface area contributed by atoms with Gasteiger partial charge in [0.05, 0.1) is 10.9 Å². The van der Waals surface area contributed by atoms with E-state index in [0.29, 0.717) is 17.3 Å². The van der Waals surface area contributed by atoms with Crippen LogP contribution in [0.1, 0.15) is 19.4 Å². The van der Waals surface area contributed by atoms with Gasteiger partial charge in [-0.15, -0.1) is 0 Å². The number of piperidine rings is 1. The fourth-order valence-electron chi connectivity index (χ4n) is 3.39. The second-order valence-electron chi connectivity index (χ2n) is 5.89. The molecule has 2 atom stereocenters. The molecule has 0 radical (unpaired) electrons. The van der Waals surface area contributed by atoms with Gasteiger partial charge in [-0.05, 0) is 24.9 Å². The topological polar surface area (TPSA) is 62.7 Å². The van der Waals surface area contributed by atoms with Crippen LogP contribution >= 0.6 is 0 Å². The first-order valence-corrected chi connectivity index (χ1v) is 7.43. The van der Waals surface area contributed by atoms with E-state index in [1.165, 1.54) is 0 Å². The van der Waals surface area contributed by atoms with Crippen LogP contribution in [0.4, 0.5) is 0 Å². The standard InChI is InChI=1S/C16H18N4O/c1-10-2-5-17-9-13(10)20-7-4-14(21)12-8-19-16-11(15(12)20)3-6-18-16/h3-4,6-8,10,13,17H,2,5,9H2,1H3,(H,18,19)/t10-,13+/m1/s1. The summed E-state index contributed by atoms with van der Waals surface area (Å²) >= 11 is 0. The van der Waals surface area contributed by atoms with E-state index in [4.69, 9.17) is 0 Å². The average molecular weight is 282 g/mol. The normalized spacial score (nSPS) is 22.9. The number of nitrogens with zero attached hydrogens (tertiary/aromatic N) is 2. The smallest absolute Gasteiger partial charge is 0.190 e. The maximum atomic E-state index is 12.2. The number of hydrogen-bond acceptors (Lipinski definition) is 3. The van der Waals surface area contributed by atoms with Crippen molar-refractivity contribution in [3.63, 3.8) is 0 Å². The molecule has 3 aromatic heterocycles. The van der Waals surface area contributed by atoms with Crippen molar-refractivity contribution in [2.24, 2.45) is 5.92 Å². The number of aromatic nitrogens is 3. The molecule has 5 heteroatoms. The predicted molar refractivity (Wildman–Crippen MR) is 83.5 cm³/mol. The number of hydrogen-bond donors (Lipinski definition) is 2. The zero-order valence-electron chi connectivity index (χ0n) is 12.0. The molecule has 4 rings (SSSR count). The Morgan fingerprint density at radius 2 is 2.24 bits per heavy atom. The summed E-state index contributed by atoms with van der Waals surface area (Å²) in [6.45, 7) is 4.29. The molecule has 0 unspecified atom stereocenters. The van der Waals surface area contributed by atoms with E-state index in [1.807, 2.05) is 18.5 Å². The zero-order chi connectivity index (χ0) is 14.4. The minimum absolute atomic E-state index is 0.0354. The fourth-order valence-corrected chi connectivity index (χ4v) is 3.39. The molecule has 0 amide bonds. The van der Waals surface area contributed by atoms with Gasteiger partial charge in [0.25, 0.3) is 0 Å². The Bertz CT molecular complexity index is 863. The molecule has 2 N–H and O–H groups in total. The molecule has 0 spiro atoms. The fraction of sp³-hybridized carbons (Fsp3) is 0.375. The van der Waals surface area contributed by atoms with Crippen LogP contribution in [-0.2, 0) is 0 Å². The van der Waals surface area contributed by atoms with E-state index in [9.17, 15) is 4.79 Å². The molecule has 1 aliphatic heterocycles. The average Bonchev–Trinajstić information content (AvgIpc) is 2.97. The number of nitrogens with one attached hydrogen (secondary N) is 2. The largest absolute Gasteiger partial charge is 0.346 e. The van der Waals surface area contributed by atoms with E-state index in [0.717, 1.165) is 36.1 Å². The van der Waals surface area contributed by atoms with Crippen LogP contribution in [0.2, 0.25) is 0 Å². The Labute approximate surface area is 122 Å². The van der Waals surface area contributed by atoms with E-state index in [2.05, 4.69) is 26.8 Å². The first-order chi connectivity index (χ1) is 10.3. The molecule has 0 aromatic carbocycles. The van der Waals surface area contributed by atoms with Crippen LogP contribution in [0.15, 0.2) is 35.5 Å². The highest BCUT2D eigenvalue weighted by atomic mass is 16.1. The number of pyridine rings is 2. The summed E-state index contributed by atoms with van der Waals surface area (Å²) in [5.74, 6) is 0.583. The zero-order valence-corrected chi connectivity index (χ0v) is 12.0. The molecular formula is C16H18N4O. The van der Waals surface area contributed by atoms with Crippen molar-refractivity contribution >= 4 is 21.9 Å². The maximum absolute atomic E-state index is 12.2. The van der Waals surface area contributed by atoms with Crippen molar-refractivity contribution in [2.45, 2.75) is 19.4 Å². The number of aromatic amines is 1. The van der Waals surface area contributed by atoms with Crippen LogP contribution in [0.3, 0.4) is 0 Å². The second-order valence-corrected chi connectivity index (χ2v) is 5.89. The highest BCUT2D eigenvalue weighted by Crippen LogP contribution is 2.29.